The summed E-state index contributed by atoms with van der Waals surface area (Å²) >= 11 is 0. The molecule has 0 spiro atoms. The average Bonchev–Trinajstić information content (AvgIpc) is 3.61. The Kier molecular flexibility index (Phi) is 6.32. The lowest BCUT2D eigenvalue weighted by Gasteiger charge is -2.32. The summed E-state index contributed by atoms with van der Waals surface area (Å²) in [6.07, 6.45) is 1.59. The number of pyridine rings is 1. The van der Waals surface area contributed by atoms with Gasteiger partial charge >= 0.3 is 12.0 Å². The van der Waals surface area contributed by atoms with Crippen molar-refractivity contribution >= 4 is 40.7 Å². The first kappa shape index (κ1) is 25.7. The van der Waals surface area contributed by atoms with Crippen molar-refractivity contribution in [3.63, 3.8) is 0 Å². The fourth-order valence-electron chi connectivity index (χ4n) is 5.67. The lowest BCUT2D eigenvalue weighted by Crippen LogP contribution is -2.52. The summed E-state index contributed by atoms with van der Waals surface area (Å²) in [4.78, 5) is 59.4. The number of carbonyl (C=O) groups is 4. The Morgan fingerprint density at radius 1 is 1.20 bits per heavy atom. The second kappa shape index (κ2) is 9.85. The molecule has 12 nitrogen and oxygen atoms in total. The van der Waals surface area contributed by atoms with E-state index in [0.717, 1.165) is 24.9 Å². The number of nitrogens with zero attached hydrogens (tertiary/aromatic N) is 3. The maximum Gasteiger partial charge on any atom is 0.322 e. The highest BCUT2D eigenvalue weighted by Gasteiger charge is 2.53. The number of anilines is 1. The van der Waals surface area contributed by atoms with Crippen LogP contribution in [0, 0.1) is 5.92 Å². The number of urea groups is 1. The van der Waals surface area contributed by atoms with Gasteiger partial charge in [-0.25, -0.2) is 9.78 Å². The average molecular weight is 548 g/mol. The summed E-state index contributed by atoms with van der Waals surface area (Å²) in [6.45, 7) is 3.49. The highest BCUT2D eigenvalue weighted by molar-refractivity contribution is 6.08. The van der Waals surface area contributed by atoms with E-state index in [0.29, 0.717) is 41.4 Å². The van der Waals surface area contributed by atoms with Crippen LogP contribution in [-0.2, 0) is 26.4 Å². The molecule has 3 aliphatic heterocycles. The largest absolute Gasteiger partial charge is 0.497 e. The van der Waals surface area contributed by atoms with Gasteiger partial charge in [0.2, 0.25) is 0 Å². The third kappa shape index (κ3) is 4.29. The number of nitrogens with one attached hydrogen (secondary N) is 2. The number of ether oxygens (including phenoxy) is 2. The maximum atomic E-state index is 13.3. The molecule has 40 heavy (non-hydrogen) atoms. The van der Waals surface area contributed by atoms with Gasteiger partial charge in [-0.3, -0.25) is 19.7 Å². The van der Waals surface area contributed by atoms with Crippen LogP contribution in [0.3, 0.4) is 0 Å². The van der Waals surface area contributed by atoms with Crippen LogP contribution in [0.2, 0.25) is 0 Å². The number of hydrogen-bond acceptors (Lipinski definition) is 9. The molecule has 0 radical (unpaired) electrons. The fraction of sp³-hybridized carbons (Fsp3) is 0.393. The Balaban J connectivity index is 1.30. The van der Waals surface area contributed by atoms with E-state index in [4.69, 9.17) is 18.9 Å². The molecule has 4 amide bonds. The molecule has 208 valence electrons. The zero-order valence-corrected chi connectivity index (χ0v) is 22.2. The molecule has 2 N–H and O–H groups in total. The van der Waals surface area contributed by atoms with E-state index in [9.17, 15) is 19.2 Å². The van der Waals surface area contributed by atoms with Gasteiger partial charge in [-0.05, 0) is 49.6 Å². The number of hydrogen-bond donors (Lipinski definition) is 2. The van der Waals surface area contributed by atoms with Gasteiger partial charge < -0.3 is 29.0 Å². The summed E-state index contributed by atoms with van der Waals surface area (Å²) in [5.74, 6) is 0.0555. The number of piperidine rings is 1. The summed E-state index contributed by atoms with van der Waals surface area (Å²) in [6, 6.07) is 9.74. The molecule has 2 unspecified atom stereocenters. The number of esters is 1. The third-order valence-electron chi connectivity index (χ3n) is 7.71. The monoisotopic (exact) mass is 547 g/mol. The van der Waals surface area contributed by atoms with Crippen molar-refractivity contribution < 1.29 is 33.1 Å². The molecule has 2 atom stereocenters. The van der Waals surface area contributed by atoms with Gasteiger partial charge in [0.15, 0.2) is 11.1 Å². The second-order valence-electron chi connectivity index (χ2n) is 10.2. The van der Waals surface area contributed by atoms with Crippen LogP contribution >= 0.6 is 0 Å². The minimum Gasteiger partial charge on any atom is -0.497 e. The van der Waals surface area contributed by atoms with E-state index in [1.165, 1.54) is 12.0 Å². The van der Waals surface area contributed by atoms with Gasteiger partial charge in [-0.1, -0.05) is 6.07 Å². The van der Waals surface area contributed by atoms with Crippen molar-refractivity contribution in [2.45, 2.75) is 31.8 Å². The standard InChI is InChI=1S/C28H29N5O7/c1-3-39-25(35)17-5-4-10-32(14-17)23-9-8-21-20(29-23)12-22(40-21)28(26(36)30-27(37)31-28)15-33-13-16-6-7-18(38-2)11-19(16)24(33)34/h6-9,11-12,17H,3-5,10,13-15H2,1-2H3,(H2,30,31,36,37). The van der Waals surface area contributed by atoms with Crippen molar-refractivity contribution in [3.05, 3.63) is 53.3 Å². The van der Waals surface area contributed by atoms with E-state index in [1.54, 1.807) is 37.3 Å². The van der Waals surface area contributed by atoms with E-state index < -0.39 is 17.5 Å². The number of amides is 4. The van der Waals surface area contributed by atoms with E-state index >= 15 is 0 Å². The maximum absolute atomic E-state index is 13.3. The predicted molar refractivity (Wildman–Crippen MR) is 142 cm³/mol. The van der Waals surface area contributed by atoms with Crippen molar-refractivity contribution in [3.8, 4) is 5.75 Å². The minimum atomic E-state index is -1.64. The normalized spacial score (nSPS) is 22.4. The number of benzene rings is 1. The van der Waals surface area contributed by atoms with Gasteiger partial charge in [0.1, 0.15) is 22.8 Å². The van der Waals surface area contributed by atoms with Crippen molar-refractivity contribution in [2.24, 2.45) is 5.92 Å². The van der Waals surface area contributed by atoms with Gasteiger partial charge in [-0.15, -0.1) is 0 Å². The van der Waals surface area contributed by atoms with Gasteiger partial charge in [0, 0.05) is 31.3 Å². The van der Waals surface area contributed by atoms with Crippen LogP contribution in [0.5, 0.6) is 5.75 Å². The van der Waals surface area contributed by atoms with Crippen LogP contribution in [0.4, 0.5) is 10.6 Å². The first-order valence-corrected chi connectivity index (χ1v) is 13.2. The summed E-state index contributed by atoms with van der Waals surface area (Å²) in [5.41, 5.74) is 0.550. The predicted octanol–water partition coefficient (Wildman–Crippen LogP) is 2.31. The molecule has 3 aliphatic rings. The SMILES string of the molecule is CCOC(=O)C1CCCN(c2ccc3oc(C4(CN5Cc6ccc(OC)cc6C5=O)NC(=O)NC4=O)cc3n2)C1. The Bertz CT molecular complexity index is 1530. The number of carbonyl (C=O) groups excluding carboxylic acids is 4. The van der Waals surface area contributed by atoms with Crippen molar-refractivity contribution in [1.82, 2.24) is 20.5 Å². The number of fused-ring (bicyclic) bond motifs is 2. The van der Waals surface area contributed by atoms with Crippen LogP contribution in [0.15, 0.2) is 40.8 Å². The van der Waals surface area contributed by atoms with E-state index in [-0.39, 0.29) is 36.6 Å². The number of imide groups is 1. The lowest BCUT2D eigenvalue weighted by molar-refractivity contribution is -0.148. The molecule has 2 aromatic heterocycles. The van der Waals surface area contributed by atoms with Crippen LogP contribution in [-0.4, -0.2) is 67.0 Å². The Morgan fingerprint density at radius 3 is 2.80 bits per heavy atom. The first-order chi connectivity index (χ1) is 19.3. The van der Waals surface area contributed by atoms with Crippen molar-refractivity contribution in [1.29, 1.82) is 0 Å². The highest BCUT2D eigenvalue weighted by atomic mass is 16.5. The number of methoxy groups -OCH3 is 1. The molecule has 2 fully saturated rings. The molecular formula is C28H29N5O7. The number of rotatable bonds is 7. The van der Waals surface area contributed by atoms with Crippen LogP contribution < -0.4 is 20.3 Å². The number of furan rings is 1. The first-order valence-electron chi connectivity index (χ1n) is 13.2. The zero-order valence-electron chi connectivity index (χ0n) is 22.2. The van der Waals surface area contributed by atoms with Crippen molar-refractivity contribution in [2.75, 3.05) is 38.3 Å². The third-order valence-corrected chi connectivity index (χ3v) is 7.71. The smallest absolute Gasteiger partial charge is 0.322 e. The molecule has 6 rings (SSSR count). The Morgan fingerprint density at radius 2 is 2.05 bits per heavy atom. The molecule has 3 aromatic rings. The summed E-state index contributed by atoms with van der Waals surface area (Å²) in [5, 5.41) is 4.99. The quantitative estimate of drug-likeness (QED) is 0.336. The van der Waals surface area contributed by atoms with Crippen LogP contribution in [0.1, 0.15) is 41.4 Å². The van der Waals surface area contributed by atoms with E-state index in [1.807, 2.05) is 11.0 Å². The molecule has 5 heterocycles. The molecular weight excluding hydrogens is 518 g/mol. The topological polar surface area (TPSA) is 143 Å². The Labute approximate surface area is 229 Å². The lowest BCUT2D eigenvalue weighted by atomic mass is 9.95. The molecule has 0 saturated carbocycles. The highest BCUT2D eigenvalue weighted by Crippen LogP contribution is 2.35. The van der Waals surface area contributed by atoms with Gasteiger partial charge in [0.05, 0.1) is 26.2 Å². The van der Waals surface area contributed by atoms with E-state index in [2.05, 4.69) is 10.6 Å². The Hall–Kier alpha value is -4.61. The zero-order chi connectivity index (χ0) is 28.0. The summed E-state index contributed by atoms with van der Waals surface area (Å²) in [7, 11) is 1.53. The summed E-state index contributed by atoms with van der Waals surface area (Å²) < 4.78 is 16.5. The second-order valence-corrected chi connectivity index (χ2v) is 10.2. The van der Waals surface area contributed by atoms with Gasteiger partial charge in [-0.2, -0.15) is 0 Å². The molecule has 0 aliphatic carbocycles. The fourth-order valence-corrected chi connectivity index (χ4v) is 5.67. The number of aromatic nitrogens is 1. The molecule has 0 bridgehead atoms. The van der Waals surface area contributed by atoms with Crippen LogP contribution in [0.25, 0.3) is 11.1 Å². The van der Waals surface area contributed by atoms with Gasteiger partial charge in [0.25, 0.3) is 11.8 Å². The minimum absolute atomic E-state index is 0.138. The molecule has 12 heteroatoms. The molecule has 1 aromatic carbocycles. The molecule has 2 saturated heterocycles.